The van der Waals surface area contributed by atoms with Gasteiger partial charge in [-0.2, -0.15) is 5.10 Å². The van der Waals surface area contributed by atoms with Crippen molar-refractivity contribution in [1.29, 1.82) is 5.53 Å². The highest BCUT2D eigenvalue weighted by Crippen LogP contribution is 2.49. The molecule has 1 spiro atoms. The summed E-state index contributed by atoms with van der Waals surface area (Å²) in [5.41, 5.74) is 9.32. The van der Waals surface area contributed by atoms with Gasteiger partial charge in [-0.1, -0.05) is 70.0 Å². The number of amides is 2. The van der Waals surface area contributed by atoms with Crippen LogP contribution in [0.25, 0.3) is 0 Å². The number of nitrogens with two attached hydrogens (primary N) is 1. The maximum atomic E-state index is 14.3. The second-order valence-corrected chi connectivity index (χ2v) is 12.5. The van der Waals surface area contributed by atoms with Gasteiger partial charge in [0.15, 0.2) is 5.84 Å². The average molecular weight is 578 g/mol. The van der Waals surface area contributed by atoms with Crippen LogP contribution in [0.4, 0.5) is 0 Å². The Morgan fingerprint density at radius 1 is 1.17 bits per heavy atom. The third-order valence-corrected chi connectivity index (χ3v) is 8.69. The van der Waals surface area contributed by atoms with Crippen molar-refractivity contribution in [2.24, 2.45) is 32.4 Å². The molecule has 2 aromatic carbocycles. The van der Waals surface area contributed by atoms with Crippen molar-refractivity contribution in [3.63, 3.8) is 0 Å². The maximum absolute atomic E-state index is 14.3. The lowest BCUT2D eigenvalue weighted by Gasteiger charge is -2.47. The van der Waals surface area contributed by atoms with Gasteiger partial charge in [0.05, 0.1) is 12.6 Å². The lowest BCUT2D eigenvalue weighted by Crippen LogP contribution is -2.51. The SMILES string of the molecule is CCC[C@H](c1ccc(C(=O)NC/C(N=N)=N/N)cc1)N1C(=O)C(c2ccc(Cl)cc2)=NC12CCC(C(C)(C)C)CC2. The molecule has 2 aliphatic rings. The second-order valence-electron chi connectivity index (χ2n) is 12.0. The number of carbonyl (C=O) groups excluding carboxylic acids is 2. The number of hydrogen-bond donors (Lipinski definition) is 3. The number of nitrogens with one attached hydrogen (secondary N) is 2. The number of hydrazone groups is 1. The van der Waals surface area contributed by atoms with E-state index in [-0.39, 0.29) is 35.7 Å². The van der Waals surface area contributed by atoms with Crippen LogP contribution in [0.15, 0.2) is 63.7 Å². The zero-order valence-corrected chi connectivity index (χ0v) is 25.0. The summed E-state index contributed by atoms with van der Waals surface area (Å²) in [6.07, 6.45) is 5.27. The Balaban J connectivity index is 1.67. The minimum Gasteiger partial charge on any atom is -0.345 e. The molecule has 2 aromatic rings. The van der Waals surface area contributed by atoms with Gasteiger partial charge in [0.2, 0.25) is 0 Å². The minimum atomic E-state index is -0.610. The Labute approximate surface area is 247 Å². The predicted octanol–water partition coefficient (Wildman–Crippen LogP) is 6.48. The van der Waals surface area contributed by atoms with E-state index >= 15 is 0 Å². The Kier molecular flexibility index (Phi) is 9.27. The van der Waals surface area contributed by atoms with E-state index in [1.54, 1.807) is 24.3 Å². The molecule has 4 N–H and O–H groups in total. The molecule has 0 aromatic heterocycles. The lowest BCUT2D eigenvalue weighted by molar-refractivity contribution is -0.133. The Bertz CT molecular complexity index is 1320. The summed E-state index contributed by atoms with van der Waals surface area (Å²) in [4.78, 5) is 34.2. The zero-order chi connectivity index (χ0) is 29.8. The van der Waals surface area contributed by atoms with Crippen molar-refractivity contribution in [3.05, 3.63) is 70.2 Å². The number of carbonyl (C=O) groups is 2. The fraction of sp³-hybridized carbons (Fsp3) is 0.484. The van der Waals surface area contributed by atoms with Crippen LogP contribution in [0.1, 0.15) is 93.7 Å². The quantitative estimate of drug-likeness (QED) is 0.109. The van der Waals surface area contributed by atoms with Crippen LogP contribution in [0.3, 0.4) is 0 Å². The van der Waals surface area contributed by atoms with E-state index in [2.05, 4.69) is 43.2 Å². The highest BCUT2D eigenvalue weighted by molar-refractivity contribution is 6.47. The number of rotatable bonds is 8. The summed E-state index contributed by atoms with van der Waals surface area (Å²) in [6.45, 7) is 8.95. The second kappa shape index (κ2) is 12.5. The molecule has 1 saturated carbocycles. The third kappa shape index (κ3) is 6.50. The molecule has 1 aliphatic heterocycles. The average Bonchev–Trinajstić information content (AvgIpc) is 3.23. The van der Waals surface area contributed by atoms with Crippen molar-refractivity contribution >= 4 is 35.0 Å². The van der Waals surface area contributed by atoms with Gasteiger partial charge in [-0.05, 0) is 73.3 Å². The molecule has 218 valence electrons. The fourth-order valence-electron chi connectivity index (χ4n) is 6.09. The monoisotopic (exact) mass is 577 g/mol. The van der Waals surface area contributed by atoms with Gasteiger partial charge >= 0.3 is 0 Å². The van der Waals surface area contributed by atoms with Gasteiger partial charge in [0.25, 0.3) is 11.8 Å². The van der Waals surface area contributed by atoms with Crippen molar-refractivity contribution in [1.82, 2.24) is 10.2 Å². The standard InChI is InChI=1S/C31H40ClN7O2/c1-5-6-25(20-7-9-22(10-8-20)28(40)35-19-26(37-33)38-34)39-29(41)27(21-11-13-24(32)14-12-21)36-31(39)17-15-23(16-18-31)30(2,3)4/h7-14,23,25,33H,5-6,15-19,34H2,1-4H3,(H,35,40)/b37-33?,38-26-/t23?,25-,31?/m1/s1. The summed E-state index contributed by atoms with van der Waals surface area (Å²) < 4.78 is 0. The molecule has 0 saturated heterocycles. The molecule has 1 heterocycles. The van der Waals surface area contributed by atoms with E-state index in [1.807, 2.05) is 29.2 Å². The Morgan fingerprint density at radius 3 is 2.34 bits per heavy atom. The molecular formula is C31H40ClN7O2. The molecule has 1 atom stereocenters. The van der Waals surface area contributed by atoms with Crippen LogP contribution in [0.5, 0.6) is 0 Å². The number of halogens is 1. The highest BCUT2D eigenvalue weighted by atomic mass is 35.5. The van der Waals surface area contributed by atoms with Crippen LogP contribution in [-0.2, 0) is 4.79 Å². The first-order chi connectivity index (χ1) is 19.5. The molecule has 41 heavy (non-hydrogen) atoms. The highest BCUT2D eigenvalue weighted by Gasteiger charge is 2.52. The molecule has 0 unspecified atom stereocenters. The fourth-order valence-corrected chi connectivity index (χ4v) is 6.22. The van der Waals surface area contributed by atoms with Crippen molar-refractivity contribution in [2.45, 2.75) is 77.9 Å². The normalized spacial score (nSPS) is 22.0. The van der Waals surface area contributed by atoms with E-state index in [4.69, 9.17) is 28.0 Å². The largest absolute Gasteiger partial charge is 0.345 e. The van der Waals surface area contributed by atoms with Crippen LogP contribution in [0.2, 0.25) is 5.02 Å². The van der Waals surface area contributed by atoms with Gasteiger partial charge in [-0.3, -0.25) is 14.6 Å². The molecule has 2 amide bonds. The van der Waals surface area contributed by atoms with E-state index in [9.17, 15) is 9.59 Å². The first-order valence-corrected chi connectivity index (χ1v) is 14.6. The first-order valence-electron chi connectivity index (χ1n) is 14.2. The summed E-state index contributed by atoms with van der Waals surface area (Å²) >= 11 is 6.15. The van der Waals surface area contributed by atoms with E-state index in [0.717, 1.165) is 49.7 Å². The molecule has 0 bridgehead atoms. The summed E-state index contributed by atoms with van der Waals surface area (Å²) in [7, 11) is 0. The molecule has 10 heteroatoms. The number of aliphatic imine (C=N–C) groups is 1. The Morgan fingerprint density at radius 2 is 1.80 bits per heavy atom. The predicted molar refractivity (Wildman–Crippen MR) is 162 cm³/mol. The van der Waals surface area contributed by atoms with Crippen LogP contribution >= 0.6 is 11.6 Å². The van der Waals surface area contributed by atoms with E-state index in [1.165, 1.54) is 0 Å². The number of amidine groups is 1. The number of hydrogen-bond acceptors (Lipinski definition) is 6. The van der Waals surface area contributed by atoms with Crippen LogP contribution in [0, 0.1) is 16.9 Å². The molecule has 1 fully saturated rings. The molecular weight excluding hydrogens is 538 g/mol. The molecule has 4 rings (SSSR count). The number of nitrogens with zero attached hydrogens (tertiary/aromatic N) is 4. The van der Waals surface area contributed by atoms with Crippen LogP contribution in [-0.4, -0.2) is 40.5 Å². The lowest BCUT2D eigenvalue weighted by atomic mass is 9.69. The summed E-state index contributed by atoms with van der Waals surface area (Å²) in [5, 5.41) is 9.83. The van der Waals surface area contributed by atoms with E-state index < -0.39 is 5.66 Å². The van der Waals surface area contributed by atoms with E-state index in [0.29, 0.717) is 22.2 Å². The minimum absolute atomic E-state index is 0.0218. The van der Waals surface area contributed by atoms with Crippen LogP contribution < -0.4 is 11.2 Å². The third-order valence-electron chi connectivity index (χ3n) is 8.44. The first kappa shape index (κ1) is 30.4. The Hall–Kier alpha value is -3.59. The zero-order valence-electron chi connectivity index (χ0n) is 24.3. The topological polar surface area (TPSA) is 136 Å². The van der Waals surface area contributed by atoms with Gasteiger partial charge in [0, 0.05) is 16.1 Å². The maximum Gasteiger partial charge on any atom is 0.275 e. The summed E-state index contributed by atoms with van der Waals surface area (Å²) in [5.74, 6) is 5.38. The number of benzene rings is 2. The van der Waals surface area contributed by atoms with Gasteiger partial charge in [0.1, 0.15) is 11.4 Å². The van der Waals surface area contributed by atoms with Crippen molar-refractivity contribution < 1.29 is 9.59 Å². The van der Waals surface area contributed by atoms with Gasteiger partial charge in [-0.25, -0.2) is 5.53 Å². The smallest absolute Gasteiger partial charge is 0.275 e. The molecule has 9 nitrogen and oxygen atoms in total. The summed E-state index contributed by atoms with van der Waals surface area (Å²) in [6, 6.07) is 14.5. The molecule has 0 radical (unpaired) electrons. The molecule has 1 aliphatic carbocycles. The van der Waals surface area contributed by atoms with Gasteiger partial charge < -0.3 is 16.1 Å². The van der Waals surface area contributed by atoms with Crippen molar-refractivity contribution in [3.8, 4) is 0 Å². The van der Waals surface area contributed by atoms with Crippen molar-refractivity contribution in [2.75, 3.05) is 6.54 Å². The van der Waals surface area contributed by atoms with Gasteiger partial charge in [-0.15, -0.1) is 5.11 Å².